The van der Waals surface area contributed by atoms with Gasteiger partial charge in [0.1, 0.15) is 11.7 Å². The van der Waals surface area contributed by atoms with Gasteiger partial charge < -0.3 is 10.6 Å². The lowest BCUT2D eigenvalue weighted by Crippen LogP contribution is -2.27. The minimum atomic E-state index is -0.976. The first-order chi connectivity index (χ1) is 10.7. The van der Waals surface area contributed by atoms with Crippen molar-refractivity contribution < 1.29 is 14.3 Å². The number of carbonyl (C=O) groups is 2. The van der Waals surface area contributed by atoms with E-state index in [0.717, 1.165) is 0 Å². The molecule has 0 aliphatic heterocycles. The van der Waals surface area contributed by atoms with E-state index >= 15 is 0 Å². The van der Waals surface area contributed by atoms with Crippen LogP contribution in [0.25, 0.3) is 0 Å². The Hall–Kier alpha value is -2.95. The maximum atomic E-state index is 12.5. The zero-order valence-corrected chi connectivity index (χ0v) is 11.9. The number of benzene rings is 2. The lowest BCUT2D eigenvalue weighted by atomic mass is 9.92. The van der Waals surface area contributed by atoms with Gasteiger partial charge in [-0.25, -0.2) is 0 Å². The molecule has 0 fully saturated rings. The number of carbonyl (C=O) groups excluding carboxylic acids is 2. The molecular weight excluding hydrogens is 280 g/mol. The first kappa shape index (κ1) is 14.0. The van der Waals surface area contributed by atoms with Gasteiger partial charge in [0, 0.05) is 11.1 Å². The largest absolute Gasteiger partial charge is 0.497 e. The molecule has 0 aromatic heterocycles. The zero-order valence-electron chi connectivity index (χ0n) is 11.9. The van der Waals surface area contributed by atoms with E-state index in [2.05, 4.69) is 5.10 Å². The summed E-state index contributed by atoms with van der Waals surface area (Å²) in [6, 6.07) is 13.7. The SMILES string of the molecule is COc1ccc(/C(=N\N)C2C(=O)c3ccccc3C2=O)cc1. The van der Waals surface area contributed by atoms with Crippen LogP contribution >= 0.6 is 0 Å². The molecule has 5 heteroatoms. The Labute approximate surface area is 127 Å². The lowest BCUT2D eigenvalue weighted by Gasteiger charge is -2.11. The molecule has 0 saturated carbocycles. The number of ketones is 2. The molecule has 2 N–H and O–H groups in total. The summed E-state index contributed by atoms with van der Waals surface area (Å²) in [5.41, 5.74) is 1.75. The summed E-state index contributed by atoms with van der Waals surface area (Å²) in [6.07, 6.45) is 0. The van der Waals surface area contributed by atoms with E-state index in [0.29, 0.717) is 22.4 Å². The predicted molar refractivity (Wildman–Crippen MR) is 82.3 cm³/mol. The number of rotatable bonds is 3. The van der Waals surface area contributed by atoms with Crippen LogP contribution in [0.3, 0.4) is 0 Å². The summed E-state index contributed by atoms with van der Waals surface area (Å²) in [6.45, 7) is 0. The normalized spacial score (nSPS) is 15.0. The second-order valence-corrected chi connectivity index (χ2v) is 4.95. The topological polar surface area (TPSA) is 81.8 Å². The Balaban J connectivity index is 2.02. The third kappa shape index (κ3) is 2.07. The maximum Gasteiger partial charge on any atom is 0.180 e. The van der Waals surface area contributed by atoms with E-state index in [-0.39, 0.29) is 17.3 Å². The highest BCUT2D eigenvalue weighted by atomic mass is 16.5. The van der Waals surface area contributed by atoms with E-state index in [1.165, 1.54) is 0 Å². The number of fused-ring (bicyclic) bond motifs is 1. The lowest BCUT2D eigenvalue weighted by molar-refractivity contribution is 0.0883. The van der Waals surface area contributed by atoms with Crippen molar-refractivity contribution in [2.45, 2.75) is 0 Å². The highest BCUT2D eigenvalue weighted by Crippen LogP contribution is 2.29. The van der Waals surface area contributed by atoms with E-state index in [9.17, 15) is 9.59 Å². The molecule has 0 heterocycles. The van der Waals surface area contributed by atoms with Gasteiger partial charge in [-0.2, -0.15) is 5.10 Å². The predicted octanol–water partition coefficient (Wildman–Crippen LogP) is 2.05. The third-order valence-electron chi connectivity index (χ3n) is 3.78. The summed E-state index contributed by atoms with van der Waals surface area (Å²) >= 11 is 0. The Bertz CT molecular complexity index is 744. The van der Waals surface area contributed by atoms with Crippen molar-refractivity contribution in [2.75, 3.05) is 7.11 Å². The molecule has 0 amide bonds. The first-order valence-corrected chi connectivity index (χ1v) is 6.77. The Morgan fingerprint density at radius 1 is 1.00 bits per heavy atom. The minimum Gasteiger partial charge on any atom is -0.497 e. The number of nitrogens with zero attached hydrogens (tertiary/aromatic N) is 1. The summed E-state index contributed by atoms with van der Waals surface area (Å²) in [5.74, 6) is 4.64. The Kier molecular flexibility index (Phi) is 3.47. The van der Waals surface area contributed by atoms with Crippen molar-refractivity contribution in [3.63, 3.8) is 0 Å². The van der Waals surface area contributed by atoms with Gasteiger partial charge in [0.15, 0.2) is 11.6 Å². The highest BCUT2D eigenvalue weighted by Gasteiger charge is 2.42. The van der Waals surface area contributed by atoms with Crippen LogP contribution in [-0.4, -0.2) is 24.4 Å². The van der Waals surface area contributed by atoms with Crippen LogP contribution in [-0.2, 0) is 0 Å². The number of methoxy groups -OCH3 is 1. The van der Waals surface area contributed by atoms with Crippen LogP contribution in [0.4, 0.5) is 0 Å². The quantitative estimate of drug-likeness (QED) is 0.406. The third-order valence-corrected chi connectivity index (χ3v) is 3.78. The fourth-order valence-electron chi connectivity index (χ4n) is 2.67. The van der Waals surface area contributed by atoms with Gasteiger partial charge in [0.2, 0.25) is 0 Å². The molecule has 0 radical (unpaired) electrons. The van der Waals surface area contributed by atoms with Crippen molar-refractivity contribution in [1.82, 2.24) is 0 Å². The number of hydrogen-bond donors (Lipinski definition) is 1. The molecule has 0 unspecified atom stereocenters. The molecule has 2 aromatic rings. The van der Waals surface area contributed by atoms with Crippen molar-refractivity contribution >= 4 is 17.3 Å². The van der Waals surface area contributed by atoms with Gasteiger partial charge in [-0.15, -0.1) is 0 Å². The van der Waals surface area contributed by atoms with Crippen molar-refractivity contribution in [1.29, 1.82) is 0 Å². The monoisotopic (exact) mass is 294 g/mol. The fraction of sp³-hybridized carbons (Fsp3) is 0.118. The molecule has 0 atom stereocenters. The average molecular weight is 294 g/mol. The standard InChI is InChI=1S/C17H14N2O3/c1-22-11-8-6-10(7-9-11)15(19-18)14-16(20)12-4-2-3-5-13(12)17(14)21/h2-9,14H,18H2,1H3/b19-15+. The Morgan fingerprint density at radius 2 is 1.55 bits per heavy atom. The fourth-order valence-corrected chi connectivity index (χ4v) is 2.67. The Morgan fingerprint density at radius 3 is 2.00 bits per heavy atom. The second-order valence-electron chi connectivity index (χ2n) is 4.95. The number of ether oxygens (including phenoxy) is 1. The number of hydrazone groups is 1. The molecule has 5 nitrogen and oxygen atoms in total. The molecule has 0 bridgehead atoms. The number of nitrogens with two attached hydrogens (primary N) is 1. The molecule has 0 spiro atoms. The molecule has 22 heavy (non-hydrogen) atoms. The minimum absolute atomic E-state index is 0.263. The zero-order chi connectivity index (χ0) is 15.7. The molecule has 3 rings (SSSR count). The molecule has 110 valence electrons. The van der Waals surface area contributed by atoms with E-state index in [1.807, 2.05) is 0 Å². The smallest absolute Gasteiger partial charge is 0.180 e. The van der Waals surface area contributed by atoms with Gasteiger partial charge >= 0.3 is 0 Å². The molecule has 2 aromatic carbocycles. The van der Waals surface area contributed by atoms with Gasteiger partial charge in [-0.05, 0) is 29.8 Å². The van der Waals surface area contributed by atoms with Crippen LogP contribution in [0.15, 0.2) is 53.6 Å². The molecule has 1 aliphatic rings. The summed E-state index contributed by atoms with van der Waals surface area (Å²) in [5, 5.41) is 3.71. The average Bonchev–Trinajstić information content (AvgIpc) is 2.82. The van der Waals surface area contributed by atoms with Crippen LogP contribution in [0.1, 0.15) is 26.3 Å². The second kappa shape index (κ2) is 5.44. The first-order valence-electron chi connectivity index (χ1n) is 6.77. The highest BCUT2D eigenvalue weighted by molar-refractivity contribution is 6.38. The van der Waals surface area contributed by atoms with E-state index in [1.54, 1.807) is 55.6 Å². The van der Waals surface area contributed by atoms with Crippen LogP contribution in [0, 0.1) is 5.92 Å². The van der Waals surface area contributed by atoms with Crippen LogP contribution in [0.5, 0.6) is 5.75 Å². The van der Waals surface area contributed by atoms with Gasteiger partial charge in [-0.1, -0.05) is 24.3 Å². The molecular formula is C17H14N2O3. The maximum absolute atomic E-state index is 12.5. The number of hydrogen-bond acceptors (Lipinski definition) is 5. The van der Waals surface area contributed by atoms with Crippen molar-refractivity contribution in [3.05, 3.63) is 65.2 Å². The summed E-state index contributed by atoms with van der Waals surface area (Å²) in [7, 11) is 1.56. The van der Waals surface area contributed by atoms with Crippen LogP contribution < -0.4 is 10.6 Å². The number of Topliss-reactive ketones (excluding diaryl/α,β-unsaturated/α-hetero) is 2. The van der Waals surface area contributed by atoms with Gasteiger partial charge in [-0.3, -0.25) is 9.59 Å². The summed E-state index contributed by atoms with van der Waals surface area (Å²) in [4.78, 5) is 25.0. The van der Waals surface area contributed by atoms with Gasteiger partial charge in [0.05, 0.1) is 12.8 Å². The molecule has 1 aliphatic carbocycles. The van der Waals surface area contributed by atoms with Crippen LogP contribution in [0.2, 0.25) is 0 Å². The van der Waals surface area contributed by atoms with E-state index < -0.39 is 5.92 Å². The van der Waals surface area contributed by atoms with E-state index in [4.69, 9.17) is 10.6 Å². The van der Waals surface area contributed by atoms with Crippen molar-refractivity contribution in [2.24, 2.45) is 16.9 Å². The molecule has 0 saturated heterocycles. The van der Waals surface area contributed by atoms with Gasteiger partial charge in [0.25, 0.3) is 0 Å². The van der Waals surface area contributed by atoms with Crippen molar-refractivity contribution in [3.8, 4) is 5.75 Å². The summed E-state index contributed by atoms with van der Waals surface area (Å²) < 4.78 is 5.10.